The van der Waals surface area contributed by atoms with Crippen LogP contribution in [0.4, 0.5) is 11.5 Å². The Morgan fingerprint density at radius 1 is 1.17 bits per heavy atom. The number of carbonyl (C=O) groups excluding carboxylic acids is 1. The standard InChI is InChI=1S/C23H23N5O2/c1-16-14-18(30-2)8-9-19(16)26-21(29)10-11-25-23-22(17-6-4-3-5-7-17)27-20-15-24-12-13-28(20)23/h3-9,12-15,25H,10-11H2,1-2H3,(H,26,29). The Morgan fingerprint density at radius 2 is 2.00 bits per heavy atom. The molecule has 0 unspecified atom stereocenters. The van der Waals surface area contributed by atoms with Gasteiger partial charge in [-0.3, -0.25) is 14.2 Å². The van der Waals surface area contributed by atoms with Gasteiger partial charge in [-0.05, 0) is 30.7 Å². The number of methoxy groups -OCH3 is 1. The van der Waals surface area contributed by atoms with Crippen molar-refractivity contribution in [2.24, 2.45) is 0 Å². The van der Waals surface area contributed by atoms with Crippen LogP contribution in [0.15, 0.2) is 67.1 Å². The first-order chi connectivity index (χ1) is 14.7. The molecule has 2 N–H and O–H groups in total. The summed E-state index contributed by atoms with van der Waals surface area (Å²) in [7, 11) is 1.62. The van der Waals surface area contributed by atoms with Crippen LogP contribution in [0.2, 0.25) is 0 Å². The number of hydrogen-bond acceptors (Lipinski definition) is 5. The number of aryl methyl sites for hydroxylation is 1. The average Bonchev–Trinajstić information content (AvgIpc) is 3.14. The number of ether oxygens (including phenoxy) is 1. The molecule has 152 valence electrons. The van der Waals surface area contributed by atoms with Crippen LogP contribution in [0.25, 0.3) is 16.9 Å². The number of carbonyl (C=O) groups is 1. The molecule has 0 saturated heterocycles. The fourth-order valence-electron chi connectivity index (χ4n) is 3.28. The van der Waals surface area contributed by atoms with Crippen LogP contribution in [-0.2, 0) is 4.79 Å². The molecular formula is C23H23N5O2. The summed E-state index contributed by atoms with van der Waals surface area (Å²) in [5, 5.41) is 6.33. The van der Waals surface area contributed by atoms with Gasteiger partial charge in [0.1, 0.15) is 17.3 Å². The molecule has 0 aliphatic heterocycles. The molecule has 0 spiro atoms. The minimum Gasteiger partial charge on any atom is -0.497 e. The fraction of sp³-hybridized carbons (Fsp3) is 0.174. The molecule has 0 aliphatic rings. The Labute approximate surface area is 174 Å². The zero-order valence-corrected chi connectivity index (χ0v) is 16.9. The predicted octanol–water partition coefficient (Wildman–Crippen LogP) is 4.15. The second kappa shape index (κ2) is 8.65. The number of benzene rings is 2. The van der Waals surface area contributed by atoms with Gasteiger partial charge in [0.15, 0.2) is 5.65 Å². The van der Waals surface area contributed by atoms with E-state index in [1.165, 1.54) is 0 Å². The van der Waals surface area contributed by atoms with Gasteiger partial charge in [0.2, 0.25) is 5.91 Å². The summed E-state index contributed by atoms with van der Waals surface area (Å²) in [5.41, 5.74) is 4.32. The highest BCUT2D eigenvalue weighted by molar-refractivity contribution is 5.92. The first-order valence-corrected chi connectivity index (χ1v) is 9.71. The molecule has 0 radical (unpaired) electrons. The number of hydrogen-bond donors (Lipinski definition) is 2. The van der Waals surface area contributed by atoms with E-state index in [1.54, 1.807) is 19.5 Å². The Morgan fingerprint density at radius 3 is 2.77 bits per heavy atom. The zero-order chi connectivity index (χ0) is 20.9. The summed E-state index contributed by atoms with van der Waals surface area (Å²) in [6.07, 6.45) is 5.61. The van der Waals surface area contributed by atoms with E-state index in [0.717, 1.165) is 39.7 Å². The van der Waals surface area contributed by atoms with E-state index in [9.17, 15) is 4.79 Å². The maximum absolute atomic E-state index is 12.5. The lowest BCUT2D eigenvalue weighted by molar-refractivity contribution is -0.115. The smallest absolute Gasteiger partial charge is 0.226 e. The van der Waals surface area contributed by atoms with Gasteiger partial charge in [-0.25, -0.2) is 4.98 Å². The van der Waals surface area contributed by atoms with E-state index in [0.29, 0.717) is 13.0 Å². The van der Waals surface area contributed by atoms with Crippen LogP contribution >= 0.6 is 0 Å². The third-order valence-corrected chi connectivity index (χ3v) is 4.83. The van der Waals surface area contributed by atoms with Gasteiger partial charge in [0, 0.05) is 36.6 Å². The highest BCUT2D eigenvalue weighted by atomic mass is 16.5. The molecule has 2 heterocycles. The van der Waals surface area contributed by atoms with Crippen molar-refractivity contribution < 1.29 is 9.53 Å². The van der Waals surface area contributed by atoms with E-state index < -0.39 is 0 Å². The molecular weight excluding hydrogens is 378 g/mol. The molecule has 0 bridgehead atoms. The number of fused-ring (bicyclic) bond motifs is 1. The summed E-state index contributed by atoms with van der Waals surface area (Å²) in [6, 6.07) is 15.5. The number of rotatable bonds is 7. The lowest BCUT2D eigenvalue weighted by Gasteiger charge is -2.11. The number of amides is 1. The van der Waals surface area contributed by atoms with Crippen molar-refractivity contribution in [3.05, 3.63) is 72.7 Å². The van der Waals surface area contributed by atoms with Crippen molar-refractivity contribution in [3.8, 4) is 17.0 Å². The van der Waals surface area contributed by atoms with Gasteiger partial charge in [-0.2, -0.15) is 0 Å². The lowest BCUT2D eigenvalue weighted by Crippen LogP contribution is -2.17. The summed E-state index contributed by atoms with van der Waals surface area (Å²) < 4.78 is 7.15. The first-order valence-electron chi connectivity index (χ1n) is 9.71. The molecule has 7 nitrogen and oxygen atoms in total. The topological polar surface area (TPSA) is 80.5 Å². The second-order valence-corrected chi connectivity index (χ2v) is 6.89. The maximum atomic E-state index is 12.5. The van der Waals surface area contributed by atoms with Crippen LogP contribution in [0.5, 0.6) is 5.75 Å². The quantitative estimate of drug-likeness (QED) is 0.486. The molecule has 2 aromatic carbocycles. The minimum atomic E-state index is -0.0625. The van der Waals surface area contributed by atoms with E-state index in [1.807, 2.05) is 66.1 Å². The van der Waals surface area contributed by atoms with Gasteiger partial charge in [0.05, 0.1) is 13.3 Å². The van der Waals surface area contributed by atoms with Crippen LogP contribution in [0.1, 0.15) is 12.0 Å². The maximum Gasteiger partial charge on any atom is 0.226 e. The zero-order valence-electron chi connectivity index (χ0n) is 16.9. The minimum absolute atomic E-state index is 0.0625. The van der Waals surface area contributed by atoms with Crippen LogP contribution in [-0.4, -0.2) is 33.9 Å². The van der Waals surface area contributed by atoms with Crippen LogP contribution < -0.4 is 15.4 Å². The van der Waals surface area contributed by atoms with Crippen molar-refractivity contribution in [3.63, 3.8) is 0 Å². The van der Waals surface area contributed by atoms with Crippen molar-refractivity contribution in [2.75, 3.05) is 24.3 Å². The Bertz CT molecular complexity index is 1170. The average molecular weight is 401 g/mol. The Hall–Kier alpha value is -3.87. The van der Waals surface area contributed by atoms with Crippen molar-refractivity contribution in [1.82, 2.24) is 14.4 Å². The van der Waals surface area contributed by atoms with Crippen LogP contribution in [0, 0.1) is 6.92 Å². The van der Waals surface area contributed by atoms with Gasteiger partial charge in [-0.1, -0.05) is 30.3 Å². The fourth-order valence-corrected chi connectivity index (χ4v) is 3.28. The molecule has 7 heteroatoms. The van der Waals surface area contributed by atoms with Gasteiger partial charge >= 0.3 is 0 Å². The van der Waals surface area contributed by atoms with E-state index >= 15 is 0 Å². The molecule has 30 heavy (non-hydrogen) atoms. The summed E-state index contributed by atoms with van der Waals surface area (Å²) >= 11 is 0. The summed E-state index contributed by atoms with van der Waals surface area (Å²) in [5.74, 6) is 1.54. The molecule has 4 aromatic rings. The highest BCUT2D eigenvalue weighted by Gasteiger charge is 2.14. The molecule has 1 amide bonds. The van der Waals surface area contributed by atoms with Crippen molar-refractivity contribution in [2.45, 2.75) is 13.3 Å². The molecule has 0 aliphatic carbocycles. The highest BCUT2D eigenvalue weighted by Crippen LogP contribution is 2.28. The monoisotopic (exact) mass is 401 g/mol. The Kier molecular flexibility index (Phi) is 5.61. The van der Waals surface area contributed by atoms with E-state index in [-0.39, 0.29) is 5.91 Å². The third kappa shape index (κ3) is 4.10. The SMILES string of the molecule is COc1ccc(NC(=O)CCNc2c(-c3ccccc3)nc3cnccn23)c(C)c1. The second-order valence-electron chi connectivity index (χ2n) is 6.89. The van der Waals surface area contributed by atoms with Crippen molar-refractivity contribution in [1.29, 1.82) is 0 Å². The number of nitrogens with one attached hydrogen (secondary N) is 2. The molecule has 4 rings (SSSR count). The van der Waals surface area contributed by atoms with E-state index in [4.69, 9.17) is 9.72 Å². The normalized spacial score (nSPS) is 10.7. The first kappa shape index (κ1) is 19.4. The number of anilines is 2. The molecule has 0 saturated carbocycles. The third-order valence-electron chi connectivity index (χ3n) is 4.83. The van der Waals surface area contributed by atoms with E-state index in [2.05, 4.69) is 15.6 Å². The van der Waals surface area contributed by atoms with Gasteiger partial charge in [0.25, 0.3) is 0 Å². The largest absolute Gasteiger partial charge is 0.497 e. The van der Waals surface area contributed by atoms with Crippen molar-refractivity contribution >= 4 is 23.1 Å². The lowest BCUT2D eigenvalue weighted by atomic mass is 10.1. The number of nitrogens with zero attached hydrogens (tertiary/aromatic N) is 3. The summed E-state index contributed by atoms with van der Waals surface area (Å²) in [6.45, 7) is 2.41. The molecule has 0 fully saturated rings. The number of aromatic nitrogens is 3. The van der Waals surface area contributed by atoms with Crippen LogP contribution in [0.3, 0.4) is 0 Å². The predicted molar refractivity (Wildman–Crippen MR) is 118 cm³/mol. The summed E-state index contributed by atoms with van der Waals surface area (Å²) in [4.78, 5) is 21.3. The molecule has 0 atom stereocenters. The number of imidazole rings is 1. The molecule has 2 aromatic heterocycles. The Balaban J connectivity index is 1.47. The van der Waals surface area contributed by atoms with Gasteiger partial charge in [-0.15, -0.1) is 0 Å². The van der Waals surface area contributed by atoms with Gasteiger partial charge < -0.3 is 15.4 Å².